The standard InChI is InChI=1S/C16H17FN2O/c1-12-5-3-4-6-15(12)19(2)10-9-16(20)14-8-7-13(17)11-18-14/h3-8,11H,9-10H2,1-2H3. The van der Waals surface area contributed by atoms with Gasteiger partial charge in [-0.15, -0.1) is 0 Å². The maximum Gasteiger partial charge on any atom is 0.182 e. The van der Waals surface area contributed by atoms with Gasteiger partial charge in [-0.3, -0.25) is 9.78 Å². The number of halogens is 1. The largest absolute Gasteiger partial charge is 0.374 e. The zero-order valence-electron chi connectivity index (χ0n) is 11.6. The minimum atomic E-state index is -0.432. The molecule has 0 N–H and O–H groups in total. The van der Waals surface area contributed by atoms with Crippen molar-refractivity contribution in [2.45, 2.75) is 13.3 Å². The molecular formula is C16H17FN2O. The number of aryl methyl sites for hydroxylation is 1. The van der Waals surface area contributed by atoms with Gasteiger partial charge in [0.1, 0.15) is 11.5 Å². The van der Waals surface area contributed by atoms with Crippen LogP contribution in [0.15, 0.2) is 42.6 Å². The van der Waals surface area contributed by atoms with Gasteiger partial charge in [-0.2, -0.15) is 0 Å². The topological polar surface area (TPSA) is 33.2 Å². The molecule has 1 aromatic heterocycles. The molecule has 0 spiro atoms. The highest BCUT2D eigenvalue weighted by Gasteiger charge is 2.10. The van der Waals surface area contributed by atoms with Crippen LogP contribution in [0.1, 0.15) is 22.5 Å². The number of hydrogen-bond donors (Lipinski definition) is 0. The SMILES string of the molecule is Cc1ccccc1N(C)CCC(=O)c1ccc(F)cn1. The number of para-hydroxylation sites is 1. The number of carbonyl (C=O) groups excluding carboxylic acids is 1. The van der Waals surface area contributed by atoms with Crippen LogP contribution >= 0.6 is 0 Å². The number of pyridine rings is 1. The fourth-order valence-electron chi connectivity index (χ4n) is 2.05. The van der Waals surface area contributed by atoms with E-state index >= 15 is 0 Å². The van der Waals surface area contributed by atoms with Gasteiger partial charge in [0.05, 0.1) is 6.20 Å². The van der Waals surface area contributed by atoms with Crippen molar-refractivity contribution in [1.29, 1.82) is 0 Å². The molecule has 3 nitrogen and oxygen atoms in total. The van der Waals surface area contributed by atoms with Gasteiger partial charge in [0.2, 0.25) is 0 Å². The summed E-state index contributed by atoms with van der Waals surface area (Å²) in [6, 6.07) is 10.7. The van der Waals surface area contributed by atoms with Crippen LogP contribution in [0.25, 0.3) is 0 Å². The minimum absolute atomic E-state index is 0.0783. The van der Waals surface area contributed by atoms with Gasteiger partial charge in [-0.1, -0.05) is 18.2 Å². The Morgan fingerprint density at radius 2 is 2.00 bits per heavy atom. The van der Waals surface area contributed by atoms with Crippen molar-refractivity contribution in [3.8, 4) is 0 Å². The number of rotatable bonds is 5. The average Bonchev–Trinajstić information content (AvgIpc) is 2.45. The summed E-state index contributed by atoms with van der Waals surface area (Å²) in [6.45, 7) is 2.64. The predicted octanol–water partition coefficient (Wildman–Crippen LogP) is 3.24. The monoisotopic (exact) mass is 272 g/mol. The number of carbonyl (C=O) groups is 1. The van der Waals surface area contributed by atoms with Crippen molar-refractivity contribution in [2.24, 2.45) is 0 Å². The molecule has 0 radical (unpaired) electrons. The van der Waals surface area contributed by atoms with Gasteiger partial charge in [-0.05, 0) is 30.7 Å². The van der Waals surface area contributed by atoms with Crippen LogP contribution in [0.3, 0.4) is 0 Å². The first-order chi connectivity index (χ1) is 9.58. The number of nitrogens with zero attached hydrogens (tertiary/aromatic N) is 2. The maximum absolute atomic E-state index is 12.7. The first kappa shape index (κ1) is 14.2. The Balaban J connectivity index is 1.97. The predicted molar refractivity (Wildman–Crippen MR) is 77.6 cm³/mol. The summed E-state index contributed by atoms with van der Waals surface area (Å²) in [4.78, 5) is 17.8. The van der Waals surface area contributed by atoms with Gasteiger partial charge >= 0.3 is 0 Å². The smallest absolute Gasteiger partial charge is 0.182 e. The van der Waals surface area contributed by atoms with Crippen LogP contribution in [-0.4, -0.2) is 24.4 Å². The van der Waals surface area contributed by atoms with Gasteiger partial charge < -0.3 is 4.90 Å². The summed E-state index contributed by atoms with van der Waals surface area (Å²) in [7, 11) is 1.95. The number of aromatic nitrogens is 1. The van der Waals surface area contributed by atoms with Gasteiger partial charge in [0, 0.05) is 25.7 Å². The second-order valence-corrected chi connectivity index (χ2v) is 4.74. The van der Waals surface area contributed by atoms with E-state index in [-0.39, 0.29) is 5.78 Å². The fraction of sp³-hybridized carbons (Fsp3) is 0.250. The number of ketones is 1. The highest BCUT2D eigenvalue weighted by molar-refractivity contribution is 5.94. The third-order valence-electron chi connectivity index (χ3n) is 3.21. The van der Waals surface area contributed by atoms with Crippen molar-refractivity contribution in [3.05, 3.63) is 59.7 Å². The van der Waals surface area contributed by atoms with E-state index in [1.165, 1.54) is 17.7 Å². The molecule has 1 aromatic carbocycles. The maximum atomic E-state index is 12.7. The second-order valence-electron chi connectivity index (χ2n) is 4.74. The molecule has 2 rings (SSSR count). The zero-order valence-corrected chi connectivity index (χ0v) is 11.6. The number of benzene rings is 1. The molecule has 104 valence electrons. The molecule has 0 aliphatic heterocycles. The van der Waals surface area contributed by atoms with Crippen LogP contribution < -0.4 is 4.90 Å². The number of anilines is 1. The summed E-state index contributed by atoms with van der Waals surface area (Å²) >= 11 is 0. The average molecular weight is 272 g/mol. The van der Waals surface area contributed by atoms with Crippen LogP contribution in [0, 0.1) is 12.7 Å². The Kier molecular flexibility index (Phi) is 4.45. The molecule has 0 saturated heterocycles. The molecule has 2 aromatic rings. The lowest BCUT2D eigenvalue weighted by Crippen LogP contribution is -2.22. The quantitative estimate of drug-likeness (QED) is 0.783. The Hall–Kier alpha value is -2.23. The molecule has 4 heteroatoms. The first-order valence-corrected chi connectivity index (χ1v) is 6.49. The van der Waals surface area contributed by atoms with E-state index in [2.05, 4.69) is 4.98 Å². The minimum Gasteiger partial charge on any atom is -0.374 e. The number of Topliss-reactive ketones (excluding diaryl/α,β-unsaturated/α-hetero) is 1. The van der Waals surface area contributed by atoms with E-state index in [0.29, 0.717) is 18.7 Å². The van der Waals surface area contributed by atoms with Crippen LogP contribution in [-0.2, 0) is 0 Å². The molecule has 0 aliphatic carbocycles. The second kappa shape index (κ2) is 6.28. The van der Waals surface area contributed by atoms with Crippen molar-refractivity contribution < 1.29 is 9.18 Å². The van der Waals surface area contributed by atoms with E-state index in [4.69, 9.17) is 0 Å². The Morgan fingerprint density at radius 1 is 1.25 bits per heavy atom. The lowest BCUT2D eigenvalue weighted by atomic mass is 10.1. The van der Waals surface area contributed by atoms with E-state index in [1.807, 2.05) is 43.1 Å². The molecule has 0 saturated carbocycles. The normalized spacial score (nSPS) is 10.3. The first-order valence-electron chi connectivity index (χ1n) is 6.49. The van der Waals surface area contributed by atoms with Crippen molar-refractivity contribution in [2.75, 3.05) is 18.5 Å². The lowest BCUT2D eigenvalue weighted by Gasteiger charge is -2.20. The Bertz CT molecular complexity index is 596. The van der Waals surface area contributed by atoms with E-state index in [1.54, 1.807) is 0 Å². The highest BCUT2D eigenvalue weighted by Crippen LogP contribution is 2.18. The fourth-order valence-corrected chi connectivity index (χ4v) is 2.05. The highest BCUT2D eigenvalue weighted by atomic mass is 19.1. The molecule has 0 atom stereocenters. The van der Waals surface area contributed by atoms with Crippen LogP contribution in [0.5, 0.6) is 0 Å². The summed E-state index contributed by atoms with van der Waals surface area (Å²) in [5.74, 6) is -0.510. The van der Waals surface area contributed by atoms with E-state index in [9.17, 15) is 9.18 Å². The van der Waals surface area contributed by atoms with E-state index < -0.39 is 5.82 Å². The molecule has 0 fully saturated rings. The molecule has 0 aliphatic rings. The summed E-state index contributed by atoms with van der Waals surface area (Å²) in [5, 5.41) is 0. The summed E-state index contributed by atoms with van der Waals surface area (Å²) in [5.41, 5.74) is 2.58. The van der Waals surface area contributed by atoms with Gasteiger partial charge in [-0.25, -0.2) is 4.39 Å². The molecule has 0 unspecified atom stereocenters. The third kappa shape index (κ3) is 3.41. The Labute approximate surface area is 118 Å². The van der Waals surface area contributed by atoms with E-state index in [0.717, 1.165) is 11.9 Å². The zero-order chi connectivity index (χ0) is 14.5. The van der Waals surface area contributed by atoms with Crippen molar-refractivity contribution in [1.82, 2.24) is 4.98 Å². The van der Waals surface area contributed by atoms with Crippen molar-refractivity contribution >= 4 is 11.5 Å². The molecule has 1 heterocycles. The van der Waals surface area contributed by atoms with Gasteiger partial charge in [0.15, 0.2) is 5.78 Å². The summed E-state index contributed by atoms with van der Waals surface area (Å²) in [6.07, 6.45) is 1.42. The third-order valence-corrected chi connectivity index (χ3v) is 3.21. The number of hydrogen-bond acceptors (Lipinski definition) is 3. The van der Waals surface area contributed by atoms with Crippen LogP contribution in [0.2, 0.25) is 0 Å². The van der Waals surface area contributed by atoms with Crippen molar-refractivity contribution in [3.63, 3.8) is 0 Å². The molecular weight excluding hydrogens is 255 g/mol. The van der Waals surface area contributed by atoms with Crippen LogP contribution in [0.4, 0.5) is 10.1 Å². The lowest BCUT2D eigenvalue weighted by molar-refractivity contribution is 0.0980. The summed E-state index contributed by atoms with van der Waals surface area (Å²) < 4.78 is 12.7. The molecule has 0 bridgehead atoms. The molecule has 0 amide bonds. The molecule has 20 heavy (non-hydrogen) atoms. The Morgan fingerprint density at radius 3 is 2.65 bits per heavy atom. The van der Waals surface area contributed by atoms with Gasteiger partial charge in [0.25, 0.3) is 0 Å².